The van der Waals surface area contributed by atoms with Crippen molar-refractivity contribution in [2.45, 2.75) is 13.3 Å². The summed E-state index contributed by atoms with van der Waals surface area (Å²) in [5.41, 5.74) is 2.74. The third-order valence-electron chi connectivity index (χ3n) is 6.20. The molecular weight excluding hydrogens is 442 g/mol. The van der Waals surface area contributed by atoms with Gasteiger partial charge in [-0.15, -0.1) is 0 Å². The third kappa shape index (κ3) is 4.43. The van der Waals surface area contributed by atoms with Crippen molar-refractivity contribution in [2.75, 3.05) is 42.5 Å². The first-order valence-electron chi connectivity index (χ1n) is 11.0. The lowest BCUT2D eigenvalue weighted by atomic mass is 10.1. The Kier molecular flexibility index (Phi) is 5.76. The van der Waals surface area contributed by atoms with Crippen molar-refractivity contribution < 1.29 is 14.1 Å². The number of hydrogen-bond acceptors (Lipinski definition) is 6. The van der Waals surface area contributed by atoms with Crippen LogP contribution in [0.2, 0.25) is 5.02 Å². The molecule has 0 saturated carbocycles. The highest BCUT2D eigenvalue weighted by atomic mass is 35.5. The molecule has 2 saturated heterocycles. The minimum Gasteiger partial charge on any atom is -0.368 e. The van der Waals surface area contributed by atoms with Crippen LogP contribution >= 0.6 is 11.6 Å². The average molecular weight is 466 g/mol. The lowest BCUT2D eigenvalue weighted by molar-refractivity contribution is -0.136. The summed E-state index contributed by atoms with van der Waals surface area (Å²) in [6.07, 6.45) is 0.239. The number of benzene rings is 2. The van der Waals surface area contributed by atoms with E-state index in [2.05, 4.69) is 15.0 Å². The number of rotatable bonds is 4. The van der Waals surface area contributed by atoms with Crippen molar-refractivity contribution in [1.82, 2.24) is 15.0 Å². The second-order valence-electron chi connectivity index (χ2n) is 8.38. The van der Waals surface area contributed by atoms with Gasteiger partial charge in [0, 0.05) is 68.0 Å². The van der Waals surface area contributed by atoms with Gasteiger partial charge >= 0.3 is 0 Å². The standard InChI is InChI=1S/C24H24ClN5O3/c1-16-26-23(27-33-16)17-5-7-20(8-6-17)28-9-11-29(12-10-28)24(32)18-13-22(31)30(15-18)21-4-2-3-19(25)14-21/h2-8,14,18H,9-13,15H2,1H3/t18-/m0/s1. The molecule has 2 aliphatic rings. The third-order valence-corrected chi connectivity index (χ3v) is 6.44. The lowest BCUT2D eigenvalue weighted by Gasteiger charge is -2.37. The molecule has 2 amide bonds. The number of piperazine rings is 1. The summed E-state index contributed by atoms with van der Waals surface area (Å²) in [7, 11) is 0. The summed E-state index contributed by atoms with van der Waals surface area (Å²) < 4.78 is 5.05. The Balaban J connectivity index is 1.18. The summed E-state index contributed by atoms with van der Waals surface area (Å²) in [6, 6.07) is 15.2. The molecule has 9 heteroatoms. The quantitative estimate of drug-likeness (QED) is 0.587. The van der Waals surface area contributed by atoms with E-state index in [1.165, 1.54) is 0 Å². The largest absolute Gasteiger partial charge is 0.368 e. The molecule has 0 unspecified atom stereocenters. The van der Waals surface area contributed by atoms with Crippen LogP contribution in [-0.2, 0) is 9.59 Å². The summed E-state index contributed by atoms with van der Waals surface area (Å²) in [5, 5.41) is 4.53. The van der Waals surface area contributed by atoms with Gasteiger partial charge < -0.3 is 19.2 Å². The van der Waals surface area contributed by atoms with E-state index in [4.69, 9.17) is 16.1 Å². The predicted molar refractivity (Wildman–Crippen MR) is 125 cm³/mol. The molecule has 2 aliphatic heterocycles. The van der Waals surface area contributed by atoms with Crippen LogP contribution in [0.25, 0.3) is 11.4 Å². The highest BCUT2D eigenvalue weighted by Crippen LogP contribution is 2.29. The van der Waals surface area contributed by atoms with Gasteiger partial charge in [-0.05, 0) is 42.5 Å². The predicted octanol–water partition coefficient (Wildman–Crippen LogP) is 3.40. The number of anilines is 2. The molecule has 1 atom stereocenters. The Bertz CT molecular complexity index is 1170. The Morgan fingerprint density at radius 3 is 2.48 bits per heavy atom. The van der Waals surface area contributed by atoms with Crippen LogP contribution in [0.1, 0.15) is 12.3 Å². The average Bonchev–Trinajstić information content (AvgIpc) is 3.44. The fraction of sp³-hybridized carbons (Fsp3) is 0.333. The molecule has 33 heavy (non-hydrogen) atoms. The molecule has 1 aromatic heterocycles. The molecule has 0 N–H and O–H groups in total. The van der Waals surface area contributed by atoms with Crippen LogP contribution in [0.3, 0.4) is 0 Å². The minimum atomic E-state index is -0.319. The van der Waals surface area contributed by atoms with Gasteiger partial charge in [-0.1, -0.05) is 22.8 Å². The number of nitrogens with zero attached hydrogens (tertiary/aromatic N) is 5. The van der Waals surface area contributed by atoms with E-state index in [0.717, 1.165) is 30.0 Å². The number of carbonyl (C=O) groups excluding carboxylic acids is 2. The fourth-order valence-corrected chi connectivity index (χ4v) is 4.63. The first kappa shape index (κ1) is 21.5. The molecule has 3 aromatic rings. The van der Waals surface area contributed by atoms with Crippen LogP contribution < -0.4 is 9.80 Å². The smallest absolute Gasteiger partial charge is 0.228 e. The molecular formula is C24H24ClN5O3. The van der Waals surface area contributed by atoms with Crippen molar-refractivity contribution in [3.63, 3.8) is 0 Å². The Hall–Kier alpha value is -3.39. The highest BCUT2D eigenvalue weighted by Gasteiger charge is 2.38. The molecule has 2 aromatic carbocycles. The van der Waals surface area contributed by atoms with Crippen molar-refractivity contribution >= 4 is 34.8 Å². The molecule has 0 spiro atoms. The van der Waals surface area contributed by atoms with Gasteiger partial charge in [0.05, 0.1) is 5.92 Å². The number of halogens is 1. The molecule has 5 rings (SSSR count). The highest BCUT2D eigenvalue weighted by molar-refractivity contribution is 6.31. The molecule has 2 fully saturated rings. The molecule has 170 valence electrons. The Morgan fingerprint density at radius 1 is 1.06 bits per heavy atom. The monoisotopic (exact) mass is 465 g/mol. The van der Waals surface area contributed by atoms with Crippen molar-refractivity contribution in [3.8, 4) is 11.4 Å². The normalized spacial score (nSPS) is 18.8. The summed E-state index contributed by atoms with van der Waals surface area (Å²) in [4.78, 5) is 35.7. The molecule has 3 heterocycles. The number of hydrogen-bond donors (Lipinski definition) is 0. The fourth-order valence-electron chi connectivity index (χ4n) is 4.45. The second kappa shape index (κ2) is 8.86. The van der Waals surface area contributed by atoms with Gasteiger partial charge in [-0.3, -0.25) is 9.59 Å². The van der Waals surface area contributed by atoms with E-state index in [0.29, 0.717) is 36.4 Å². The molecule has 8 nitrogen and oxygen atoms in total. The van der Waals surface area contributed by atoms with E-state index in [1.54, 1.807) is 24.0 Å². The van der Waals surface area contributed by atoms with Crippen LogP contribution in [0.15, 0.2) is 53.1 Å². The van der Waals surface area contributed by atoms with Crippen LogP contribution in [0.4, 0.5) is 11.4 Å². The van der Waals surface area contributed by atoms with Gasteiger partial charge in [0.25, 0.3) is 0 Å². The molecule has 0 bridgehead atoms. The van der Waals surface area contributed by atoms with E-state index in [-0.39, 0.29) is 24.2 Å². The SMILES string of the molecule is Cc1nc(-c2ccc(N3CCN(C(=O)[C@H]4CC(=O)N(c5cccc(Cl)c5)C4)CC3)cc2)no1. The zero-order valence-electron chi connectivity index (χ0n) is 18.3. The van der Waals surface area contributed by atoms with Gasteiger partial charge in [-0.25, -0.2) is 0 Å². The molecule has 0 aliphatic carbocycles. The lowest BCUT2D eigenvalue weighted by Crippen LogP contribution is -2.50. The van der Waals surface area contributed by atoms with Gasteiger partial charge in [0.15, 0.2) is 0 Å². The summed E-state index contributed by atoms with van der Waals surface area (Å²) in [5.74, 6) is 0.809. The van der Waals surface area contributed by atoms with Crippen LogP contribution in [0.5, 0.6) is 0 Å². The summed E-state index contributed by atoms with van der Waals surface area (Å²) >= 11 is 6.07. The first-order chi connectivity index (χ1) is 16.0. The topological polar surface area (TPSA) is 82.8 Å². The van der Waals surface area contributed by atoms with Crippen molar-refractivity contribution in [3.05, 3.63) is 59.4 Å². The van der Waals surface area contributed by atoms with Crippen LogP contribution in [0, 0.1) is 12.8 Å². The second-order valence-corrected chi connectivity index (χ2v) is 8.82. The number of aryl methyl sites for hydroxylation is 1. The Labute approximate surface area is 196 Å². The number of amides is 2. The first-order valence-corrected chi connectivity index (χ1v) is 11.4. The molecule has 0 radical (unpaired) electrons. The van der Waals surface area contributed by atoms with Crippen LogP contribution in [-0.4, -0.2) is 59.6 Å². The van der Waals surface area contributed by atoms with E-state index >= 15 is 0 Å². The van der Waals surface area contributed by atoms with E-state index < -0.39 is 0 Å². The van der Waals surface area contributed by atoms with Crippen molar-refractivity contribution in [2.24, 2.45) is 5.92 Å². The van der Waals surface area contributed by atoms with E-state index in [1.807, 2.05) is 41.3 Å². The zero-order valence-corrected chi connectivity index (χ0v) is 19.0. The Morgan fingerprint density at radius 2 is 1.82 bits per heavy atom. The minimum absolute atomic E-state index is 0.0360. The maximum absolute atomic E-state index is 13.1. The van der Waals surface area contributed by atoms with Gasteiger partial charge in [0.2, 0.25) is 23.5 Å². The van der Waals surface area contributed by atoms with E-state index in [9.17, 15) is 9.59 Å². The van der Waals surface area contributed by atoms with Gasteiger partial charge in [0.1, 0.15) is 0 Å². The summed E-state index contributed by atoms with van der Waals surface area (Å²) in [6.45, 7) is 4.91. The maximum Gasteiger partial charge on any atom is 0.228 e. The van der Waals surface area contributed by atoms with Crippen molar-refractivity contribution in [1.29, 1.82) is 0 Å². The maximum atomic E-state index is 13.1. The number of carbonyl (C=O) groups is 2. The number of aromatic nitrogens is 2. The zero-order chi connectivity index (χ0) is 22.9. The van der Waals surface area contributed by atoms with Gasteiger partial charge in [-0.2, -0.15) is 4.98 Å².